The van der Waals surface area contributed by atoms with Crippen LogP contribution >= 0.6 is 0 Å². The van der Waals surface area contributed by atoms with Crippen LogP contribution in [0.1, 0.15) is 17.3 Å². The van der Waals surface area contributed by atoms with E-state index in [4.69, 9.17) is 4.74 Å². The summed E-state index contributed by atoms with van der Waals surface area (Å²) in [7, 11) is 0. The van der Waals surface area contributed by atoms with Gasteiger partial charge in [0.25, 0.3) is 0 Å². The summed E-state index contributed by atoms with van der Waals surface area (Å²) >= 11 is 0. The zero-order chi connectivity index (χ0) is 14.0. The Labute approximate surface area is 109 Å². The summed E-state index contributed by atoms with van der Waals surface area (Å²) in [6, 6.07) is 2.41. The van der Waals surface area contributed by atoms with Gasteiger partial charge in [0.05, 0.1) is 23.8 Å². The standard InChI is InChI=1S/C12H14N2O5/c1-8(15)9-6-12(16)11(14(17)18)7-10(9)13-2-4-19-5-3-13/h6-7,16H,2-5H2,1H3. The third-order valence-corrected chi connectivity index (χ3v) is 3.02. The van der Waals surface area contributed by atoms with E-state index in [1.807, 2.05) is 4.90 Å². The van der Waals surface area contributed by atoms with Crippen LogP contribution in [0.3, 0.4) is 0 Å². The SMILES string of the molecule is CC(=O)c1cc(O)c([N+](=O)[O-])cc1N1CCOCC1. The first kappa shape index (κ1) is 13.3. The number of aromatic hydroxyl groups is 1. The molecule has 0 spiro atoms. The molecule has 1 N–H and O–H groups in total. The van der Waals surface area contributed by atoms with Crippen LogP contribution in [0, 0.1) is 10.1 Å². The Kier molecular flexibility index (Phi) is 3.66. The van der Waals surface area contributed by atoms with E-state index in [-0.39, 0.29) is 11.3 Å². The Balaban J connectivity index is 2.51. The summed E-state index contributed by atoms with van der Waals surface area (Å²) in [5, 5.41) is 20.5. The molecule has 7 nitrogen and oxygen atoms in total. The molecule has 0 amide bonds. The van der Waals surface area contributed by atoms with E-state index in [0.29, 0.717) is 32.0 Å². The highest BCUT2D eigenvalue weighted by atomic mass is 16.6. The second-order valence-corrected chi connectivity index (χ2v) is 4.27. The average Bonchev–Trinajstić information content (AvgIpc) is 2.38. The quantitative estimate of drug-likeness (QED) is 0.504. The van der Waals surface area contributed by atoms with Crippen LogP contribution in [0.5, 0.6) is 5.75 Å². The van der Waals surface area contributed by atoms with Gasteiger partial charge in [0, 0.05) is 24.7 Å². The van der Waals surface area contributed by atoms with Gasteiger partial charge in [0.15, 0.2) is 11.5 Å². The molecular weight excluding hydrogens is 252 g/mol. The third kappa shape index (κ3) is 2.65. The van der Waals surface area contributed by atoms with Gasteiger partial charge in [-0.2, -0.15) is 0 Å². The Hall–Kier alpha value is -2.15. The molecule has 7 heteroatoms. The van der Waals surface area contributed by atoms with Crippen LogP contribution in [0.15, 0.2) is 12.1 Å². The molecule has 0 saturated carbocycles. The minimum atomic E-state index is -0.663. The average molecular weight is 266 g/mol. The van der Waals surface area contributed by atoms with Gasteiger partial charge in [-0.15, -0.1) is 0 Å². The molecule has 0 atom stereocenters. The highest BCUT2D eigenvalue weighted by Gasteiger charge is 2.23. The number of phenols is 1. The largest absolute Gasteiger partial charge is 0.502 e. The number of nitro groups is 1. The summed E-state index contributed by atoms with van der Waals surface area (Å²) in [5.74, 6) is -0.737. The summed E-state index contributed by atoms with van der Waals surface area (Å²) in [6.07, 6.45) is 0. The first-order valence-electron chi connectivity index (χ1n) is 5.85. The molecule has 1 aliphatic rings. The second kappa shape index (κ2) is 5.23. The second-order valence-electron chi connectivity index (χ2n) is 4.27. The van der Waals surface area contributed by atoms with Crippen LogP contribution in [-0.2, 0) is 4.74 Å². The predicted octanol–water partition coefficient (Wildman–Crippen LogP) is 1.34. The Morgan fingerprint density at radius 2 is 2.05 bits per heavy atom. The van der Waals surface area contributed by atoms with Crippen LogP contribution in [0.4, 0.5) is 11.4 Å². The van der Waals surface area contributed by atoms with Crippen molar-refractivity contribution in [1.82, 2.24) is 0 Å². The maximum atomic E-state index is 11.6. The molecule has 1 aromatic rings. The summed E-state index contributed by atoms with van der Waals surface area (Å²) in [5.41, 5.74) is 0.358. The first-order valence-corrected chi connectivity index (χ1v) is 5.85. The van der Waals surface area contributed by atoms with Gasteiger partial charge in [-0.05, 0) is 13.0 Å². The van der Waals surface area contributed by atoms with Crippen LogP contribution in [0.2, 0.25) is 0 Å². The van der Waals surface area contributed by atoms with Crippen molar-refractivity contribution in [2.45, 2.75) is 6.92 Å². The zero-order valence-corrected chi connectivity index (χ0v) is 10.5. The van der Waals surface area contributed by atoms with E-state index in [1.54, 1.807) is 0 Å². The first-order chi connectivity index (χ1) is 9.00. The highest BCUT2D eigenvalue weighted by molar-refractivity contribution is 6.01. The lowest BCUT2D eigenvalue weighted by atomic mass is 10.1. The summed E-state index contributed by atoms with van der Waals surface area (Å²) in [6.45, 7) is 3.49. The fourth-order valence-electron chi connectivity index (χ4n) is 2.06. The number of nitro benzene ring substituents is 1. The van der Waals surface area contributed by atoms with Crippen molar-refractivity contribution >= 4 is 17.2 Å². The van der Waals surface area contributed by atoms with Gasteiger partial charge < -0.3 is 14.7 Å². The maximum Gasteiger partial charge on any atom is 0.312 e. The predicted molar refractivity (Wildman–Crippen MR) is 67.8 cm³/mol. The monoisotopic (exact) mass is 266 g/mol. The number of phenolic OH excluding ortho intramolecular Hbond substituents is 1. The number of anilines is 1. The number of hydrogen-bond acceptors (Lipinski definition) is 6. The Morgan fingerprint density at radius 1 is 1.42 bits per heavy atom. The molecule has 102 valence electrons. The number of hydrogen-bond donors (Lipinski definition) is 1. The molecule has 0 unspecified atom stereocenters. The van der Waals surface area contributed by atoms with E-state index in [0.717, 1.165) is 6.07 Å². The van der Waals surface area contributed by atoms with Gasteiger partial charge in [-0.25, -0.2) is 0 Å². The molecule has 1 fully saturated rings. The molecule has 1 aromatic carbocycles. The number of morpholine rings is 1. The fourth-order valence-corrected chi connectivity index (χ4v) is 2.06. The van der Waals surface area contributed by atoms with Crippen molar-refractivity contribution in [3.8, 4) is 5.75 Å². The molecule has 2 rings (SSSR count). The molecule has 1 aliphatic heterocycles. The van der Waals surface area contributed by atoms with Crippen molar-refractivity contribution in [2.75, 3.05) is 31.2 Å². The molecule has 0 bridgehead atoms. The number of rotatable bonds is 3. The smallest absolute Gasteiger partial charge is 0.312 e. The molecule has 0 aromatic heterocycles. The van der Waals surface area contributed by atoms with Gasteiger partial charge in [0.2, 0.25) is 0 Å². The summed E-state index contributed by atoms with van der Waals surface area (Å²) in [4.78, 5) is 23.6. The molecule has 0 aliphatic carbocycles. The van der Waals surface area contributed by atoms with Gasteiger partial charge in [-0.3, -0.25) is 14.9 Å². The lowest BCUT2D eigenvalue weighted by molar-refractivity contribution is -0.385. The van der Waals surface area contributed by atoms with Crippen molar-refractivity contribution in [3.05, 3.63) is 27.8 Å². The molecule has 19 heavy (non-hydrogen) atoms. The molecular formula is C12H14N2O5. The number of ketones is 1. The van der Waals surface area contributed by atoms with Crippen LogP contribution in [0.25, 0.3) is 0 Å². The summed E-state index contributed by atoms with van der Waals surface area (Å²) < 4.78 is 5.21. The van der Waals surface area contributed by atoms with E-state index < -0.39 is 16.4 Å². The minimum absolute atomic E-state index is 0.244. The number of Topliss-reactive ketones (excluding diaryl/α,β-unsaturated/α-hetero) is 1. The highest BCUT2D eigenvalue weighted by Crippen LogP contribution is 2.34. The zero-order valence-electron chi connectivity index (χ0n) is 10.5. The lowest BCUT2D eigenvalue weighted by Gasteiger charge is -2.30. The van der Waals surface area contributed by atoms with E-state index >= 15 is 0 Å². The van der Waals surface area contributed by atoms with Crippen LogP contribution < -0.4 is 4.90 Å². The minimum Gasteiger partial charge on any atom is -0.502 e. The van der Waals surface area contributed by atoms with Crippen molar-refractivity contribution in [1.29, 1.82) is 0 Å². The van der Waals surface area contributed by atoms with E-state index in [9.17, 15) is 20.0 Å². The van der Waals surface area contributed by atoms with Gasteiger partial charge in [0.1, 0.15) is 0 Å². The Morgan fingerprint density at radius 3 is 2.58 bits per heavy atom. The molecule has 1 heterocycles. The van der Waals surface area contributed by atoms with E-state index in [1.165, 1.54) is 13.0 Å². The topological polar surface area (TPSA) is 92.9 Å². The number of carbonyl (C=O) groups is 1. The molecule has 0 radical (unpaired) electrons. The lowest BCUT2D eigenvalue weighted by Crippen LogP contribution is -2.37. The van der Waals surface area contributed by atoms with Gasteiger partial charge in [-0.1, -0.05) is 0 Å². The third-order valence-electron chi connectivity index (χ3n) is 3.02. The van der Waals surface area contributed by atoms with Crippen molar-refractivity contribution in [3.63, 3.8) is 0 Å². The van der Waals surface area contributed by atoms with Crippen molar-refractivity contribution in [2.24, 2.45) is 0 Å². The maximum absolute atomic E-state index is 11.6. The van der Waals surface area contributed by atoms with Gasteiger partial charge >= 0.3 is 5.69 Å². The normalized spacial score (nSPS) is 15.3. The fraction of sp³-hybridized carbons (Fsp3) is 0.417. The number of ether oxygens (including phenoxy) is 1. The molecule has 1 saturated heterocycles. The van der Waals surface area contributed by atoms with Crippen molar-refractivity contribution < 1.29 is 19.6 Å². The van der Waals surface area contributed by atoms with Crippen LogP contribution in [-0.4, -0.2) is 42.1 Å². The number of nitrogens with zero attached hydrogens (tertiary/aromatic N) is 2. The Bertz CT molecular complexity index is 523. The number of benzene rings is 1. The number of carbonyl (C=O) groups excluding carboxylic acids is 1. The van der Waals surface area contributed by atoms with E-state index in [2.05, 4.69) is 0 Å².